The third-order valence-corrected chi connectivity index (χ3v) is 4.51. The first-order chi connectivity index (χ1) is 13.2. The van der Waals surface area contributed by atoms with E-state index in [4.69, 9.17) is 5.10 Å². The Morgan fingerprint density at radius 3 is 2.56 bits per heavy atom. The predicted octanol–water partition coefficient (Wildman–Crippen LogP) is 2.85. The molecule has 27 heavy (non-hydrogen) atoms. The number of aromatic nitrogens is 4. The number of aliphatic hydroxyl groups is 1. The van der Waals surface area contributed by atoms with Crippen molar-refractivity contribution in [1.29, 1.82) is 0 Å². The highest BCUT2D eigenvalue weighted by Gasteiger charge is 2.18. The van der Waals surface area contributed by atoms with Crippen LogP contribution in [0.1, 0.15) is 6.92 Å². The fourth-order valence-electron chi connectivity index (χ4n) is 3.12. The number of pyridine rings is 1. The quantitative estimate of drug-likeness (QED) is 0.594. The number of rotatable bonds is 5. The van der Waals surface area contributed by atoms with Gasteiger partial charge in [-0.25, -0.2) is 9.20 Å². The Morgan fingerprint density at radius 2 is 1.78 bits per heavy atom. The largest absolute Gasteiger partial charge is 0.396 e. The second-order valence-electron chi connectivity index (χ2n) is 6.65. The average Bonchev–Trinajstić information content (AvgIpc) is 3.10. The molecule has 0 fully saturated rings. The van der Waals surface area contributed by atoms with Crippen molar-refractivity contribution in [2.45, 2.75) is 13.5 Å². The van der Waals surface area contributed by atoms with Gasteiger partial charge in [-0.3, -0.25) is 4.79 Å². The molecule has 0 saturated heterocycles. The molecule has 136 valence electrons. The van der Waals surface area contributed by atoms with Crippen LogP contribution in [0.3, 0.4) is 0 Å². The highest BCUT2D eigenvalue weighted by molar-refractivity contribution is 5.90. The normalized spacial score (nSPS) is 12.4. The van der Waals surface area contributed by atoms with E-state index in [9.17, 15) is 9.90 Å². The lowest BCUT2D eigenvalue weighted by Crippen LogP contribution is -2.26. The predicted molar refractivity (Wildman–Crippen MR) is 104 cm³/mol. The lowest BCUT2D eigenvalue weighted by atomic mass is 10.0. The SMILES string of the molecule is CC(CO)Cn1nc(-c2c(-c3ccccc3)nn3ccccc23)ccc1=O. The minimum absolute atomic E-state index is 0.00429. The molecule has 0 aliphatic rings. The van der Waals surface area contributed by atoms with E-state index in [0.717, 1.165) is 22.3 Å². The van der Waals surface area contributed by atoms with E-state index in [1.54, 1.807) is 6.07 Å². The molecule has 6 nitrogen and oxygen atoms in total. The lowest BCUT2D eigenvalue weighted by molar-refractivity contribution is 0.217. The van der Waals surface area contributed by atoms with Crippen LogP contribution in [0.15, 0.2) is 71.7 Å². The van der Waals surface area contributed by atoms with Gasteiger partial charge in [0.15, 0.2) is 0 Å². The van der Waals surface area contributed by atoms with E-state index >= 15 is 0 Å². The van der Waals surface area contributed by atoms with Crippen molar-refractivity contribution in [3.05, 3.63) is 77.2 Å². The maximum Gasteiger partial charge on any atom is 0.266 e. The zero-order valence-corrected chi connectivity index (χ0v) is 15.0. The summed E-state index contributed by atoms with van der Waals surface area (Å²) in [6, 6.07) is 19.1. The van der Waals surface area contributed by atoms with E-state index in [2.05, 4.69) is 5.10 Å². The Balaban J connectivity index is 1.94. The van der Waals surface area contributed by atoms with E-state index in [1.165, 1.54) is 10.7 Å². The van der Waals surface area contributed by atoms with Crippen molar-refractivity contribution in [1.82, 2.24) is 19.4 Å². The van der Waals surface area contributed by atoms with E-state index < -0.39 is 0 Å². The van der Waals surface area contributed by atoms with Crippen LogP contribution in [-0.4, -0.2) is 31.1 Å². The molecule has 1 unspecified atom stereocenters. The molecule has 0 amide bonds. The fourth-order valence-corrected chi connectivity index (χ4v) is 3.12. The van der Waals surface area contributed by atoms with Gasteiger partial charge in [0, 0.05) is 31.0 Å². The number of fused-ring (bicyclic) bond motifs is 1. The smallest absolute Gasteiger partial charge is 0.266 e. The van der Waals surface area contributed by atoms with Gasteiger partial charge < -0.3 is 5.11 Å². The zero-order valence-electron chi connectivity index (χ0n) is 15.0. The summed E-state index contributed by atoms with van der Waals surface area (Å²) in [6.07, 6.45) is 1.90. The summed E-state index contributed by atoms with van der Waals surface area (Å²) in [5, 5.41) is 18.6. The summed E-state index contributed by atoms with van der Waals surface area (Å²) in [4.78, 5) is 12.2. The van der Waals surface area contributed by atoms with Crippen molar-refractivity contribution in [2.75, 3.05) is 6.61 Å². The molecule has 0 aliphatic carbocycles. The second kappa shape index (κ2) is 7.17. The standard InChI is InChI=1S/C21H20N4O2/c1-15(14-26)13-25-19(27)11-10-17(22-25)20-18-9-5-6-12-24(18)23-21(20)16-7-3-2-4-8-16/h2-12,15,26H,13-14H2,1H3. The molecule has 3 heterocycles. The van der Waals surface area contributed by atoms with Crippen LogP contribution >= 0.6 is 0 Å². The Kier molecular flexibility index (Phi) is 4.56. The van der Waals surface area contributed by atoms with Crippen molar-refractivity contribution in [3.8, 4) is 22.5 Å². The Hall–Kier alpha value is -3.25. The van der Waals surface area contributed by atoms with Crippen LogP contribution in [0, 0.1) is 5.92 Å². The molecule has 0 spiro atoms. The summed E-state index contributed by atoms with van der Waals surface area (Å²) < 4.78 is 3.24. The number of hydrogen-bond donors (Lipinski definition) is 1. The van der Waals surface area contributed by atoms with Gasteiger partial charge in [0.1, 0.15) is 5.69 Å². The van der Waals surface area contributed by atoms with Gasteiger partial charge in [0.05, 0.1) is 16.8 Å². The number of nitrogens with zero attached hydrogens (tertiary/aromatic N) is 4. The molecule has 0 saturated carbocycles. The molecule has 4 aromatic rings. The molecule has 1 N–H and O–H groups in total. The molecule has 3 aromatic heterocycles. The van der Waals surface area contributed by atoms with Gasteiger partial charge in [-0.2, -0.15) is 10.2 Å². The maximum absolute atomic E-state index is 12.2. The molecule has 0 radical (unpaired) electrons. The van der Waals surface area contributed by atoms with E-state index in [1.807, 2.05) is 66.2 Å². The van der Waals surface area contributed by atoms with Crippen molar-refractivity contribution in [2.24, 2.45) is 5.92 Å². The summed E-state index contributed by atoms with van der Waals surface area (Å²) in [5.74, 6) is -0.0528. The van der Waals surface area contributed by atoms with Gasteiger partial charge in [-0.15, -0.1) is 0 Å². The van der Waals surface area contributed by atoms with E-state index in [0.29, 0.717) is 12.2 Å². The van der Waals surface area contributed by atoms with Gasteiger partial charge in [-0.05, 0) is 24.1 Å². The molecule has 0 bridgehead atoms. The molecule has 1 aromatic carbocycles. The van der Waals surface area contributed by atoms with Crippen LogP contribution in [0.2, 0.25) is 0 Å². The third kappa shape index (κ3) is 3.27. The zero-order chi connectivity index (χ0) is 18.8. The monoisotopic (exact) mass is 360 g/mol. The highest BCUT2D eigenvalue weighted by Crippen LogP contribution is 2.33. The minimum atomic E-state index is -0.184. The van der Waals surface area contributed by atoms with Crippen LogP contribution in [-0.2, 0) is 6.54 Å². The van der Waals surface area contributed by atoms with Gasteiger partial charge in [0.2, 0.25) is 0 Å². The Bertz CT molecular complexity index is 1130. The van der Waals surface area contributed by atoms with Crippen LogP contribution in [0.5, 0.6) is 0 Å². The number of aliphatic hydroxyl groups excluding tert-OH is 1. The van der Waals surface area contributed by atoms with Crippen molar-refractivity contribution in [3.63, 3.8) is 0 Å². The van der Waals surface area contributed by atoms with E-state index in [-0.39, 0.29) is 18.1 Å². The summed E-state index contributed by atoms with van der Waals surface area (Å²) in [5.41, 5.74) is 4.10. The topological polar surface area (TPSA) is 72.4 Å². The van der Waals surface area contributed by atoms with Crippen LogP contribution in [0.4, 0.5) is 0 Å². The Labute approximate surface area is 156 Å². The average molecular weight is 360 g/mol. The maximum atomic E-state index is 12.2. The van der Waals surface area contributed by atoms with Gasteiger partial charge in [0.25, 0.3) is 5.56 Å². The molecule has 1 atom stereocenters. The molecule has 0 aliphatic heterocycles. The fraction of sp³-hybridized carbons (Fsp3) is 0.190. The van der Waals surface area contributed by atoms with Crippen molar-refractivity contribution >= 4 is 5.52 Å². The van der Waals surface area contributed by atoms with Gasteiger partial charge >= 0.3 is 0 Å². The van der Waals surface area contributed by atoms with Crippen LogP contribution < -0.4 is 5.56 Å². The third-order valence-electron chi connectivity index (χ3n) is 4.51. The first-order valence-corrected chi connectivity index (χ1v) is 8.89. The molecular formula is C21H20N4O2. The van der Waals surface area contributed by atoms with Crippen LogP contribution in [0.25, 0.3) is 28.0 Å². The molecular weight excluding hydrogens is 340 g/mol. The molecule has 6 heteroatoms. The first-order valence-electron chi connectivity index (χ1n) is 8.89. The molecule has 4 rings (SSSR count). The Morgan fingerprint density at radius 1 is 1.00 bits per heavy atom. The summed E-state index contributed by atoms with van der Waals surface area (Å²) >= 11 is 0. The number of benzene rings is 1. The van der Waals surface area contributed by atoms with Crippen molar-refractivity contribution < 1.29 is 5.11 Å². The lowest BCUT2D eigenvalue weighted by Gasteiger charge is -2.11. The highest BCUT2D eigenvalue weighted by atomic mass is 16.3. The van der Waals surface area contributed by atoms with Gasteiger partial charge in [-0.1, -0.05) is 43.3 Å². The number of hydrogen-bond acceptors (Lipinski definition) is 4. The summed E-state index contributed by atoms with van der Waals surface area (Å²) in [7, 11) is 0. The summed E-state index contributed by atoms with van der Waals surface area (Å²) in [6.45, 7) is 2.25. The first kappa shape index (κ1) is 17.2. The minimum Gasteiger partial charge on any atom is -0.396 e. The second-order valence-corrected chi connectivity index (χ2v) is 6.65.